The van der Waals surface area contributed by atoms with Crippen LogP contribution in [0.3, 0.4) is 0 Å². The molecule has 3 rings (SSSR count). The van der Waals surface area contributed by atoms with Gasteiger partial charge in [-0.1, -0.05) is 23.7 Å². The molecule has 4 N–H and O–H groups in total. The Morgan fingerprint density at radius 2 is 2.36 bits per heavy atom. The van der Waals surface area contributed by atoms with Gasteiger partial charge in [-0.05, 0) is 25.5 Å². The van der Waals surface area contributed by atoms with Crippen LogP contribution in [0.2, 0.25) is 5.02 Å². The Labute approximate surface area is 134 Å². The normalized spacial score (nSPS) is 19.2. The van der Waals surface area contributed by atoms with Gasteiger partial charge in [0.1, 0.15) is 5.82 Å². The van der Waals surface area contributed by atoms with Crippen LogP contribution in [0, 0.1) is 0 Å². The molecule has 0 saturated carbocycles. The maximum absolute atomic E-state index is 11.3. The Balaban J connectivity index is 1.90. The first-order valence-corrected chi connectivity index (χ1v) is 7.80. The van der Waals surface area contributed by atoms with Crippen LogP contribution in [0.4, 0.5) is 5.82 Å². The third-order valence-corrected chi connectivity index (χ3v) is 4.22. The summed E-state index contributed by atoms with van der Waals surface area (Å²) in [6.45, 7) is 2.56. The van der Waals surface area contributed by atoms with Gasteiger partial charge in [0.05, 0.1) is 10.5 Å². The Morgan fingerprint density at radius 1 is 1.55 bits per heavy atom. The summed E-state index contributed by atoms with van der Waals surface area (Å²) in [5.74, 6) is 0.838. The molecule has 1 aliphatic rings. The first-order valence-electron chi connectivity index (χ1n) is 7.42. The van der Waals surface area contributed by atoms with E-state index in [1.165, 1.54) is 0 Å². The van der Waals surface area contributed by atoms with Crippen molar-refractivity contribution < 1.29 is 4.79 Å². The lowest BCUT2D eigenvalue weighted by Crippen LogP contribution is -2.32. The smallest absolute Gasteiger partial charge is 0.220 e. The number of rotatable bonds is 4. The number of nitrogens with two attached hydrogens (primary N) is 1. The third-order valence-electron chi connectivity index (χ3n) is 3.92. The fourth-order valence-electron chi connectivity index (χ4n) is 2.72. The molecular formula is C16H19ClN4O. The zero-order chi connectivity index (χ0) is 15.7. The maximum atomic E-state index is 11.3. The van der Waals surface area contributed by atoms with Gasteiger partial charge in [-0.3, -0.25) is 4.79 Å². The van der Waals surface area contributed by atoms with Crippen LogP contribution in [0.1, 0.15) is 31.4 Å². The van der Waals surface area contributed by atoms with Crippen LogP contribution in [0.5, 0.6) is 0 Å². The molecule has 1 fully saturated rings. The highest BCUT2D eigenvalue weighted by Crippen LogP contribution is 2.28. The van der Waals surface area contributed by atoms with E-state index in [-0.39, 0.29) is 18.0 Å². The molecule has 1 aromatic heterocycles. The maximum Gasteiger partial charge on any atom is 0.220 e. The van der Waals surface area contributed by atoms with Crippen molar-refractivity contribution >= 4 is 34.2 Å². The summed E-state index contributed by atoms with van der Waals surface area (Å²) in [5.41, 5.74) is 7.77. The molecule has 116 valence electrons. The molecule has 1 unspecified atom stereocenters. The number of pyridine rings is 1. The van der Waals surface area contributed by atoms with Crippen LogP contribution < -0.4 is 16.4 Å². The number of amides is 1. The quantitative estimate of drug-likeness (QED) is 0.809. The number of halogens is 1. The van der Waals surface area contributed by atoms with Gasteiger partial charge in [-0.2, -0.15) is 0 Å². The van der Waals surface area contributed by atoms with E-state index in [4.69, 9.17) is 17.3 Å². The highest BCUT2D eigenvalue weighted by atomic mass is 35.5. The van der Waals surface area contributed by atoms with E-state index in [0.717, 1.165) is 28.7 Å². The van der Waals surface area contributed by atoms with Crippen LogP contribution in [0.15, 0.2) is 24.3 Å². The van der Waals surface area contributed by atoms with E-state index in [9.17, 15) is 4.79 Å². The SMILES string of the molecule is C[C@H](N)c1cc2cccc(Cl)c2nc1NCC1CCC(=O)N1. The lowest BCUT2D eigenvalue weighted by atomic mass is 10.1. The van der Waals surface area contributed by atoms with E-state index < -0.39 is 0 Å². The van der Waals surface area contributed by atoms with Gasteiger partial charge in [0.15, 0.2) is 0 Å². The number of carbonyl (C=O) groups is 1. The molecule has 1 amide bonds. The van der Waals surface area contributed by atoms with Crippen molar-refractivity contribution in [2.75, 3.05) is 11.9 Å². The topological polar surface area (TPSA) is 80.0 Å². The summed E-state index contributed by atoms with van der Waals surface area (Å²) in [7, 11) is 0. The Hall–Kier alpha value is -1.85. The number of nitrogens with zero attached hydrogens (tertiary/aromatic N) is 1. The fourth-order valence-corrected chi connectivity index (χ4v) is 2.94. The number of benzene rings is 1. The van der Waals surface area contributed by atoms with E-state index in [2.05, 4.69) is 15.6 Å². The predicted molar refractivity (Wildman–Crippen MR) is 89.0 cm³/mol. The number of para-hydroxylation sites is 1. The molecule has 0 radical (unpaired) electrons. The largest absolute Gasteiger partial charge is 0.368 e. The van der Waals surface area contributed by atoms with Crippen molar-refractivity contribution in [3.05, 3.63) is 34.9 Å². The average Bonchev–Trinajstić information content (AvgIpc) is 2.90. The molecule has 0 spiro atoms. The van der Waals surface area contributed by atoms with Gasteiger partial charge in [0.25, 0.3) is 0 Å². The molecule has 22 heavy (non-hydrogen) atoms. The first kappa shape index (κ1) is 15.1. The van der Waals surface area contributed by atoms with Crippen molar-refractivity contribution in [1.82, 2.24) is 10.3 Å². The summed E-state index contributed by atoms with van der Waals surface area (Å²) in [6.07, 6.45) is 1.43. The average molecular weight is 319 g/mol. The predicted octanol–water partition coefficient (Wildman–Crippen LogP) is 2.60. The number of aromatic nitrogens is 1. The molecule has 0 bridgehead atoms. The van der Waals surface area contributed by atoms with Crippen molar-refractivity contribution in [3.63, 3.8) is 0 Å². The van der Waals surface area contributed by atoms with Gasteiger partial charge < -0.3 is 16.4 Å². The lowest BCUT2D eigenvalue weighted by molar-refractivity contribution is -0.119. The Morgan fingerprint density at radius 3 is 3.05 bits per heavy atom. The van der Waals surface area contributed by atoms with Gasteiger partial charge in [-0.15, -0.1) is 0 Å². The van der Waals surface area contributed by atoms with Gasteiger partial charge in [0, 0.05) is 36.0 Å². The zero-order valence-corrected chi connectivity index (χ0v) is 13.2. The number of hydrogen-bond acceptors (Lipinski definition) is 4. The van der Waals surface area contributed by atoms with Crippen LogP contribution >= 0.6 is 11.6 Å². The minimum Gasteiger partial charge on any atom is -0.368 e. The number of nitrogens with one attached hydrogen (secondary N) is 2. The monoisotopic (exact) mass is 318 g/mol. The summed E-state index contributed by atoms with van der Waals surface area (Å²) in [5, 5.41) is 7.84. The molecule has 5 nitrogen and oxygen atoms in total. The van der Waals surface area contributed by atoms with Gasteiger partial charge in [-0.25, -0.2) is 4.98 Å². The third kappa shape index (κ3) is 3.00. The van der Waals surface area contributed by atoms with Gasteiger partial charge >= 0.3 is 0 Å². The first-order chi connectivity index (χ1) is 10.5. The summed E-state index contributed by atoms with van der Waals surface area (Å²) >= 11 is 6.23. The Bertz CT molecular complexity index is 717. The van der Waals surface area contributed by atoms with Crippen molar-refractivity contribution in [3.8, 4) is 0 Å². The van der Waals surface area contributed by atoms with E-state index in [1.54, 1.807) is 0 Å². The van der Waals surface area contributed by atoms with Crippen molar-refractivity contribution in [2.45, 2.75) is 31.8 Å². The summed E-state index contributed by atoms with van der Waals surface area (Å²) in [6, 6.07) is 7.71. The molecule has 0 aliphatic carbocycles. The molecule has 2 atom stereocenters. The highest BCUT2D eigenvalue weighted by Gasteiger charge is 2.21. The van der Waals surface area contributed by atoms with Crippen LogP contribution in [0.25, 0.3) is 10.9 Å². The molecule has 2 heterocycles. The number of fused-ring (bicyclic) bond motifs is 1. The highest BCUT2D eigenvalue weighted by molar-refractivity contribution is 6.35. The summed E-state index contributed by atoms with van der Waals surface area (Å²) < 4.78 is 0. The fraction of sp³-hybridized carbons (Fsp3) is 0.375. The second-order valence-corrected chi connectivity index (χ2v) is 6.12. The van der Waals surface area contributed by atoms with Crippen LogP contribution in [-0.4, -0.2) is 23.5 Å². The van der Waals surface area contributed by atoms with Gasteiger partial charge in [0.2, 0.25) is 5.91 Å². The standard InChI is InChI=1S/C16H19ClN4O/c1-9(18)12-7-10-3-2-4-13(17)15(10)21-16(12)19-8-11-5-6-14(22)20-11/h2-4,7,9,11H,5-6,8,18H2,1H3,(H,19,21)(H,20,22)/t9-,11?/m0/s1. The number of carbonyl (C=O) groups excluding carboxylic acids is 1. The molecule has 1 aliphatic heterocycles. The van der Waals surface area contributed by atoms with Crippen LogP contribution in [-0.2, 0) is 4.79 Å². The lowest BCUT2D eigenvalue weighted by Gasteiger charge is -2.17. The second-order valence-electron chi connectivity index (χ2n) is 5.71. The van der Waals surface area contributed by atoms with E-state index in [1.807, 2.05) is 31.2 Å². The molecule has 2 aromatic rings. The zero-order valence-electron chi connectivity index (χ0n) is 12.4. The second kappa shape index (κ2) is 6.10. The number of hydrogen-bond donors (Lipinski definition) is 3. The minimum absolute atomic E-state index is 0.105. The van der Waals surface area contributed by atoms with E-state index >= 15 is 0 Å². The van der Waals surface area contributed by atoms with Crippen molar-refractivity contribution in [1.29, 1.82) is 0 Å². The minimum atomic E-state index is -0.142. The molecule has 6 heteroatoms. The molecule has 1 saturated heterocycles. The molecular weight excluding hydrogens is 300 g/mol. The summed E-state index contributed by atoms with van der Waals surface area (Å²) in [4.78, 5) is 15.9. The van der Waals surface area contributed by atoms with E-state index in [0.29, 0.717) is 18.0 Å². The molecule has 1 aromatic carbocycles. The van der Waals surface area contributed by atoms with Crippen molar-refractivity contribution in [2.24, 2.45) is 5.73 Å². The number of anilines is 1. The Kier molecular flexibility index (Phi) is 4.18.